The molecule has 0 fully saturated rings. The zero-order chi connectivity index (χ0) is 10.6. The van der Waals surface area contributed by atoms with E-state index in [0.29, 0.717) is 12.8 Å². The minimum atomic E-state index is -3.60. The highest BCUT2D eigenvalue weighted by molar-refractivity contribution is 7.89. The molecule has 1 unspecified atom stereocenters. The molecule has 4 N–H and O–H groups in total. The number of aryl methyl sites for hydroxylation is 1. The molecule has 0 bridgehead atoms. The van der Waals surface area contributed by atoms with Crippen LogP contribution in [0.3, 0.4) is 0 Å². The molecule has 0 saturated heterocycles. The summed E-state index contributed by atoms with van der Waals surface area (Å²) >= 11 is 0. The summed E-state index contributed by atoms with van der Waals surface area (Å²) in [4.78, 5) is 0. The van der Waals surface area contributed by atoms with Crippen LogP contribution >= 0.6 is 0 Å². The topological polar surface area (TPSA) is 86.2 Å². The normalized spacial score (nSPS) is 13.9. The van der Waals surface area contributed by atoms with Gasteiger partial charge in [-0.3, -0.25) is 0 Å². The van der Waals surface area contributed by atoms with E-state index in [0.717, 1.165) is 5.56 Å². The van der Waals surface area contributed by atoms with E-state index in [1.807, 2.05) is 30.3 Å². The predicted molar refractivity (Wildman–Crippen MR) is 55.8 cm³/mol. The smallest absolute Gasteiger partial charge is 0.224 e. The maximum Gasteiger partial charge on any atom is 0.224 e. The van der Waals surface area contributed by atoms with Crippen LogP contribution in [-0.4, -0.2) is 13.8 Å². The highest BCUT2D eigenvalue weighted by Gasteiger charge is 2.15. The van der Waals surface area contributed by atoms with Crippen molar-refractivity contribution >= 4 is 10.0 Å². The van der Waals surface area contributed by atoms with Gasteiger partial charge >= 0.3 is 0 Å². The minimum absolute atomic E-state index is 0.350. The Morgan fingerprint density at radius 1 is 1.21 bits per heavy atom. The Bertz CT molecular complexity index is 375. The lowest BCUT2D eigenvalue weighted by Gasteiger charge is -2.08. The van der Waals surface area contributed by atoms with Crippen LogP contribution in [-0.2, 0) is 16.4 Å². The van der Waals surface area contributed by atoms with Gasteiger partial charge in [0, 0.05) is 0 Å². The number of hydrogen-bond donors (Lipinski definition) is 2. The standard InChI is InChI=1S/C9H14N2O2S/c10-9(14(11,12)13)7-6-8-4-2-1-3-5-8/h1-5,9H,6-7,10H2,(H2,11,12,13). The number of benzene rings is 1. The van der Waals surface area contributed by atoms with E-state index in [4.69, 9.17) is 10.9 Å². The largest absolute Gasteiger partial charge is 0.314 e. The summed E-state index contributed by atoms with van der Waals surface area (Å²) in [5, 5.41) is 3.92. The van der Waals surface area contributed by atoms with Crippen molar-refractivity contribution in [2.24, 2.45) is 10.9 Å². The van der Waals surface area contributed by atoms with Crippen LogP contribution < -0.4 is 10.9 Å². The number of sulfonamides is 1. The van der Waals surface area contributed by atoms with Gasteiger partial charge in [-0.1, -0.05) is 30.3 Å². The lowest BCUT2D eigenvalue weighted by Crippen LogP contribution is -2.36. The van der Waals surface area contributed by atoms with Gasteiger partial charge in [-0.15, -0.1) is 0 Å². The van der Waals surface area contributed by atoms with Gasteiger partial charge in [-0.05, 0) is 18.4 Å². The molecule has 4 nitrogen and oxygen atoms in total. The van der Waals surface area contributed by atoms with E-state index < -0.39 is 15.4 Å². The number of rotatable bonds is 4. The summed E-state index contributed by atoms with van der Waals surface area (Å²) in [5.41, 5.74) is 6.45. The van der Waals surface area contributed by atoms with Crippen LogP contribution in [0, 0.1) is 0 Å². The van der Waals surface area contributed by atoms with Gasteiger partial charge in [0.2, 0.25) is 10.0 Å². The zero-order valence-corrected chi connectivity index (χ0v) is 8.57. The third-order valence-corrected chi connectivity index (χ3v) is 3.06. The molecule has 1 aromatic carbocycles. The molecule has 0 saturated carbocycles. The first-order chi connectivity index (χ1) is 6.50. The summed E-state index contributed by atoms with van der Waals surface area (Å²) < 4.78 is 21.6. The Morgan fingerprint density at radius 2 is 1.79 bits per heavy atom. The van der Waals surface area contributed by atoms with Crippen LogP contribution in [0.4, 0.5) is 0 Å². The molecule has 14 heavy (non-hydrogen) atoms. The van der Waals surface area contributed by atoms with Crippen molar-refractivity contribution in [2.45, 2.75) is 18.2 Å². The molecule has 5 heteroatoms. The average Bonchev–Trinajstić information content (AvgIpc) is 2.14. The summed E-state index contributed by atoms with van der Waals surface area (Å²) in [5.74, 6) is 0. The van der Waals surface area contributed by atoms with Crippen molar-refractivity contribution < 1.29 is 8.42 Å². The summed E-state index contributed by atoms with van der Waals surface area (Å²) in [6.45, 7) is 0. The highest BCUT2D eigenvalue weighted by Crippen LogP contribution is 2.05. The zero-order valence-electron chi connectivity index (χ0n) is 7.76. The van der Waals surface area contributed by atoms with E-state index in [2.05, 4.69) is 0 Å². The Kier molecular flexibility index (Phi) is 3.62. The summed E-state index contributed by atoms with van der Waals surface area (Å²) in [6.07, 6.45) is 0.973. The Labute approximate surface area is 84.0 Å². The Morgan fingerprint density at radius 3 is 2.29 bits per heavy atom. The molecule has 1 rings (SSSR count). The predicted octanol–water partition coefficient (Wildman–Crippen LogP) is 0.193. The first-order valence-corrected chi connectivity index (χ1v) is 5.92. The molecule has 0 aliphatic rings. The van der Waals surface area contributed by atoms with Gasteiger partial charge < -0.3 is 5.73 Å². The van der Waals surface area contributed by atoms with Gasteiger partial charge in [0.25, 0.3) is 0 Å². The van der Waals surface area contributed by atoms with Gasteiger partial charge in [0.15, 0.2) is 0 Å². The fourth-order valence-electron chi connectivity index (χ4n) is 1.12. The second-order valence-electron chi connectivity index (χ2n) is 3.15. The molecule has 0 aliphatic carbocycles. The van der Waals surface area contributed by atoms with Crippen LogP contribution in [0.15, 0.2) is 30.3 Å². The minimum Gasteiger partial charge on any atom is -0.314 e. The molecule has 78 valence electrons. The van der Waals surface area contributed by atoms with E-state index in [1.165, 1.54) is 0 Å². The molecule has 0 aromatic heterocycles. The lowest BCUT2D eigenvalue weighted by atomic mass is 10.1. The maximum atomic E-state index is 10.8. The van der Waals surface area contributed by atoms with Crippen molar-refractivity contribution in [3.8, 4) is 0 Å². The fourth-order valence-corrected chi connectivity index (χ4v) is 1.56. The highest BCUT2D eigenvalue weighted by atomic mass is 32.2. The maximum absolute atomic E-state index is 10.8. The van der Waals surface area contributed by atoms with Crippen LogP contribution in [0.25, 0.3) is 0 Å². The van der Waals surface area contributed by atoms with E-state index >= 15 is 0 Å². The van der Waals surface area contributed by atoms with Crippen LogP contribution in [0.1, 0.15) is 12.0 Å². The van der Waals surface area contributed by atoms with E-state index in [-0.39, 0.29) is 0 Å². The molecule has 0 heterocycles. The van der Waals surface area contributed by atoms with E-state index in [9.17, 15) is 8.42 Å². The SMILES string of the molecule is NC(CCc1ccccc1)S(N)(=O)=O. The lowest BCUT2D eigenvalue weighted by molar-refractivity contribution is 0.575. The third-order valence-electron chi connectivity index (χ3n) is 1.98. The molecular formula is C9H14N2O2S. The van der Waals surface area contributed by atoms with Crippen molar-refractivity contribution in [3.63, 3.8) is 0 Å². The number of primary sulfonamides is 1. The second-order valence-corrected chi connectivity index (χ2v) is 4.94. The van der Waals surface area contributed by atoms with Crippen molar-refractivity contribution in [1.82, 2.24) is 0 Å². The van der Waals surface area contributed by atoms with Gasteiger partial charge in [-0.25, -0.2) is 13.6 Å². The van der Waals surface area contributed by atoms with Crippen molar-refractivity contribution in [2.75, 3.05) is 0 Å². The first-order valence-electron chi connectivity index (χ1n) is 4.31. The Balaban J connectivity index is 2.50. The molecular weight excluding hydrogens is 200 g/mol. The molecule has 1 atom stereocenters. The van der Waals surface area contributed by atoms with Gasteiger partial charge in [0.1, 0.15) is 5.37 Å². The molecule has 1 aromatic rings. The van der Waals surface area contributed by atoms with Crippen molar-refractivity contribution in [3.05, 3.63) is 35.9 Å². The third kappa shape index (κ3) is 3.45. The average molecular weight is 214 g/mol. The number of hydrogen-bond acceptors (Lipinski definition) is 3. The van der Waals surface area contributed by atoms with Crippen molar-refractivity contribution in [1.29, 1.82) is 0 Å². The molecule has 0 radical (unpaired) electrons. The van der Waals surface area contributed by atoms with E-state index in [1.54, 1.807) is 0 Å². The van der Waals surface area contributed by atoms with Gasteiger partial charge in [0.05, 0.1) is 0 Å². The summed E-state index contributed by atoms with van der Waals surface area (Å²) in [7, 11) is -3.60. The monoisotopic (exact) mass is 214 g/mol. The van der Waals surface area contributed by atoms with Crippen LogP contribution in [0.5, 0.6) is 0 Å². The molecule has 0 aliphatic heterocycles. The molecule has 0 spiro atoms. The second kappa shape index (κ2) is 4.54. The number of nitrogens with two attached hydrogens (primary N) is 2. The Hall–Kier alpha value is -0.910. The first kappa shape index (κ1) is 11.2. The quantitative estimate of drug-likeness (QED) is 0.750. The summed E-state index contributed by atoms with van der Waals surface area (Å²) in [6, 6.07) is 9.56. The fraction of sp³-hybridized carbons (Fsp3) is 0.333. The van der Waals surface area contributed by atoms with Crippen LogP contribution in [0.2, 0.25) is 0 Å². The molecule has 0 amide bonds. The van der Waals surface area contributed by atoms with Gasteiger partial charge in [-0.2, -0.15) is 0 Å².